The van der Waals surface area contributed by atoms with Crippen LogP contribution < -0.4 is 10.1 Å². The minimum Gasteiger partial charge on any atom is -0.497 e. The molecule has 1 amide bonds. The number of aromatic nitrogens is 2. The number of ether oxygens (including phenoxy) is 1. The Balaban J connectivity index is 1.79. The van der Waals surface area contributed by atoms with Gasteiger partial charge in [-0.15, -0.1) is 0 Å². The predicted molar refractivity (Wildman–Crippen MR) is 120 cm³/mol. The lowest BCUT2D eigenvalue weighted by Gasteiger charge is -2.35. The number of likely N-dealkylation sites (tertiary alicyclic amines) is 1. The van der Waals surface area contributed by atoms with Crippen LogP contribution in [0.3, 0.4) is 0 Å². The first-order valence-corrected chi connectivity index (χ1v) is 10.6. The number of aryl methyl sites for hydroxylation is 1. The molecule has 1 aliphatic rings. The van der Waals surface area contributed by atoms with Crippen molar-refractivity contribution in [2.45, 2.75) is 45.6 Å². The Labute approximate surface area is 177 Å². The standard InChI is InChI=1S/C24H28N4O2/c1-4-18-7-5-6-14-28(18)24(29)21-15-25-23-20(13-8-16(2)26-23)22(21)27-17-9-11-19(30-3)12-10-17/h8-13,15,18H,4-7,14H2,1-3H3,(H,25,26,27)/t18-/m0/s1. The van der Waals surface area contributed by atoms with Gasteiger partial charge in [0.25, 0.3) is 5.91 Å². The highest BCUT2D eigenvalue weighted by Crippen LogP contribution is 2.32. The number of benzene rings is 1. The van der Waals surface area contributed by atoms with E-state index in [1.165, 1.54) is 6.42 Å². The fourth-order valence-corrected chi connectivity index (χ4v) is 4.13. The zero-order chi connectivity index (χ0) is 21.1. The molecule has 0 aliphatic carbocycles. The van der Waals surface area contributed by atoms with Crippen LogP contribution in [0.15, 0.2) is 42.6 Å². The van der Waals surface area contributed by atoms with Gasteiger partial charge in [0.15, 0.2) is 5.65 Å². The largest absolute Gasteiger partial charge is 0.497 e. The van der Waals surface area contributed by atoms with Crippen LogP contribution in [0.1, 0.15) is 48.7 Å². The summed E-state index contributed by atoms with van der Waals surface area (Å²) < 4.78 is 5.26. The van der Waals surface area contributed by atoms with Crippen LogP contribution in [0, 0.1) is 6.92 Å². The lowest BCUT2D eigenvalue weighted by molar-refractivity contribution is 0.0609. The summed E-state index contributed by atoms with van der Waals surface area (Å²) in [4.78, 5) is 24.7. The van der Waals surface area contributed by atoms with Crippen LogP contribution in [0.5, 0.6) is 5.75 Å². The van der Waals surface area contributed by atoms with Crippen LogP contribution in [0.2, 0.25) is 0 Å². The topological polar surface area (TPSA) is 67.4 Å². The number of pyridine rings is 2. The van der Waals surface area contributed by atoms with Crippen LogP contribution >= 0.6 is 0 Å². The molecule has 1 saturated heterocycles. The smallest absolute Gasteiger partial charge is 0.257 e. The fraction of sp³-hybridized carbons (Fsp3) is 0.375. The molecule has 6 nitrogen and oxygen atoms in total. The van der Waals surface area contributed by atoms with Gasteiger partial charge >= 0.3 is 0 Å². The molecule has 0 radical (unpaired) electrons. The Bertz CT molecular complexity index is 1050. The molecule has 0 spiro atoms. The number of carbonyl (C=O) groups is 1. The molecule has 30 heavy (non-hydrogen) atoms. The van der Waals surface area contributed by atoms with Gasteiger partial charge in [-0.2, -0.15) is 0 Å². The quantitative estimate of drug-likeness (QED) is 0.641. The van der Waals surface area contributed by atoms with Crippen molar-refractivity contribution in [2.24, 2.45) is 0 Å². The van der Waals surface area contributed by atoms with Crippen molar-refractivity contribution in [3.63, 3.8) is 0 Å². The summed E-state index contributed by atoms with van der Waals surface area (Å²) in [6.45, 7) is 4.89. The number of rotatable bonds is 5. The summed E-state index contributed by atoms with van der Waals surface area (Å²) in [7, 11) is 1.65. The number of methoxy groups -OCH3 is 1. The summed E-state index contributed by atoms with van der Waals surface area (Å²) in [6, 6.07) is 11.9. The second-order valence-electron chi connectivity index (χ2n) is 7.78. The van der Waals surface area contributed by atoms with Crippen LogP contribution in [-0.4, -0.2) is 40.5 Å². The Morgan fingerprint density at radius 2 is 2.00 bits per heavy atom. The van der Waals surface area contributed by atoms with E-state index in [-0.39, 0.29) is 11.9 Å². The third-order valence-electron chi connectivity index (χ3n) is 5.82. The van der Waals surface area contributed by atoms with E-state index < -0.39 is 0 Å². The van der Waals surface area contributed by atoms with Gasteiger partial charge in [0.1, 0.15) is 5.75 Å². The van der Waals surface area contributed by atoms with E-state index in [0.29, 0.717) is 11.2 Å². The Morgan fingerprint density at radius 3 is 2.73 bits per heavy atom. The molecule has 0 unspecified atom stereocenters. The van der Waals surface area contributed by atoms with Gasteiger partial charge < -0.3 is 15.0 Å². The van der Waals surface area contributed by atoms with E-state index in [4.69, 9.17) is 4.74 Å². The number of amides is 1. The SMILES string of the molecule is CC[C@H]1CCCCN1C(=O)c1cnc2nc(C)ccc2c1Nc1ccc(OC)cc1. The lowest BCUT2D eigenvalue weighted by atomic mass is 9.98. The molecule has 156 valence electrons. The van der Waals surface area contributed by atoms with Crippen LogP contribution in [0.25, 0.3) is 11.0 Å². The maximum absolute atomic E-state index is 13.6. The molecule has 1 aromatic carbocycles. The Kier molecular flexibility index (Phi) is 5.84. The summed E-state index contributed by atoms with van der Waals surface area (Å²) in [6.07, 6.45) is 5.92. The van der Waals surface area contributed by atoms with Crippen molar-refractivity contribution in [2.75, 3.05) is 19.0 Å². The monoisotopic (exact) mass is 404 g/mol. The van der Waals surface area contributed by atoms with Crippen molar-refractivity contribution in [3.8, 4) is 5.75 Å². The minimum absolute atomic E-state index is 0.0348. The maximum Gasteiger partial charge on any atom is 0.257 e. The highest BCUT2D eigenvalue weighted by atomic mass is 16.5. The lowest BCUT2D eigenvalue weighted by Crippen LogP contribution is -2.43. The summed E-state index contributed by atoms with van der Waals surface area (Å²) in [5.74, 6) is 0.820. The average Bonchev–Trinajstić information content (AvgIpc) is 2.79. The van der Waals surface area contributed by atoms with Crippen molar-refractivity contribution >= 4 is 28.3 Å². The van der Waals surface area contributed by atoms with Gasteiger partial charge in [-0.1, -0.05) is 6.92 Å². The van der Waals surface area contributed by atoms with E-state index in [9.17, 15) is 4.79 Å². The van der Waals surface area contributed by atoms with Gasteiger partial charge in [-0.25, -0.2) is 9.97 Å². The highest BCUT2D eigenvalue weighted by molar-refractivity contribution is 6.07. The first kappa shape index (κ1) is 20.1. The molecule has 3 heterocycles. The van der Waals surface area contributed by atoms with Crippen molar-refractivity contribution in [3.05, 3.63) is 53.9 Å². The molecule has 1 atom stereocenters. The third kappa shape index (κ3) is 3.95. The number of nitrogens with zero attached hydrogens (tertiary/aromatic N) is 3. The van der Waals surface area contributed by atoms with Crippen molar-refractivity contribution < 1.29 is 9.53 Å². The number of fused-ring (bicyclic) bond motifs is 1. The normalized spacial score (nSPS) is 16.5. The van der Waals surface area contributed by atoms with Gasteiger partial charge in [-0.05, 0) is 69.0 Å². The van der Waals surface area contributed by atoms with Crippen LogP contribution in [0.4, 0.5) is 11.4 Å². The number of hydrogen-bond donors (Lipinski definition) is 1. The highest BCUT2D eigenvalue weighted by Gasteiger charge is 2.28. The van der Waals surface area contributed by atoms with Crippen LogP contribution in [-0.2, 0) is 0 Å². The van der Waals surface area contributed by atoms with Gasteiger partial charge in [0.05, 0.1) is 18.4 Å². The number of hydrogen-bond acceptors (Lipinski definition) is 5. The second-order valence-corrected chi connectivity index (χ2v) is 7.78. The zero-order valence-corrected chi connectivity index (χ0v) is 17.8. The van der Waals surface area contributed by atoms with E-state index in [1.54, 1.807) is 13.3 Å². The molecule has 2 aromatic heterocycles. The summed E-state index contributed by atoms with van der Waals surface area (Å²) >= 11 is 0. The number of nitrogens with one attached hydrogen (secondary N) is 1. The molecule has 4 rings (SSSR count). The predicted octanol–water partition coefficient (Wildman–Crippen LogP) is 5.10. The zero-order valence-electron chi connectivity index (χ0n) is 17.8. The number of carbonyl (C=O) groups excluding carboxylic acids is 1. The molecule has 0 saturated carbocycles. The third-order valence-corrected chi connectivity index (χ3v) is 5.82. The van der Waals surface area contributed by atoms with Gasteiger partial charge in [0.2, 0.25) is 0 Å². The maximum atomic E-state index is 13.6. The molecule has 1 fully saturated rings. The Hall–Kier alpha value is -3.15. The number of piperidine rings is 1. The fourth-order valence-electron chi connectivity index (χ4n) is 4.13. The average molecular weight is 405 g/mol. The molecule has 0 bridgehead atoms. The van der Waals surface area contributed by atoms with Gasteiger partial charge in [0, 0.05) is 35.6 Å². The van der Waals surface area contributed by atoms with E-state index >= 15 is 0 Å². The minimum atomic E-state index is 0.0348. The Morgan fingerprint density at radius 1 is 1.20 bits per heavy atom. The van der Waals surface area contributed by atoms with Gasteiger partial charge in [-0.3, -0.25) is 4.79 Å². The van der Waals surface area contributed by atoms with Crippen molar-refractivity contribution in [1.82, 2.24) is 14.9 Å². The molecular weight excluding hydrogens is 376 g/mol. The first-order valence-electron chi connectivity index (χ1n) is 10.6. The molecule has 3 aromatic rings. The summed E-state index contributed by atoms with van der Waals surface area (Å²) in [5.41, 5.74) is 3.75. The van der Waals surface area contributed by atoms with E-state index in [1.807, 2.05) is 48.2 Å². The number of anilines is 2. The molecule has 1 aliphatic heterocycles. The first-order chi connectivity index (χ1) is 14.6. The van der Waals surface area contributed by atoms with E-state index in [0.717, 1.165) is 54.0 Å². The van der Waals surface area contributed by atoms with Crippen molar-refractivity contribution in [1.29, 1.82) is 0 Å². The second kappa shape index (κ2) is 8.69. The van der Waals surface area contributed by atoms with E-state index in [2.05, 4.69) is 22.2 Å². The molecule has 6 heteroatoms. The molecule has 1 N–H and O–H groups in total. The summed E-state index contributed by atoms with van der Waals surface area (Å²) in [5, 5.41) is 4.30. The molecular formula is C24H28N4O2.